The molecule has 4 heteroatoms. The number of benzene rings is 1. The second-order valence-electron chi connectivity index (χ2n) is 4.38. The molecule has 0 aromatic heterocycles. The number of carbonyl (C=O) groups is 1. The molecule has 100 valence electrons. The quantitative estimate of drug-likeness (QED) is 0.590. The van der Waals surface area contributed by atoms with Gasteiger partial charge in [-0.25, -0.2) is 0 Å². The van der Waals surface area contributed by atoms with Crippen molar-refractivity contribution in [2.45, 2.75) is 32.6 Å². The first-order valence-electron chi connectivity index (χ1n) is 6.29. The highest BCUT2D eigenvalue weighted by molar-refractivity contribution is 6.17. The monoisotopic (exact) mass is 269 g/mol. The molecular formula is C14H20ClNO2. The molecule has 0 atom stereocenters. The molecule has 1 amide bonds. The van der Waals surface area contributed by atoms with E-state index in [2.05, 4.69) is 5.32 Å². The summed E-state index contributed by atoms with van der Waals surface area (Å²) in [6.07, 6.45) is 4.12. The topological polar surface area (TPSA) is 49.3 Å². The maximum Gasteiger partial charge on any atom is 0.255 e. The third-order valence-electron chi connectivity index (χ3n) is 2.74. The molecule has 0 aliphatic rings. The standard InChI is InChI=1S/C14H20ClNO2/c1-11-6-7-13(17)12(10-11)14(18)16-9-5-3-2-4-8-15/h6-7,10,17H,2-5,8-9H2,1H3,(H,16,18). The average Bonchev–Trinajstić information content (AvgIpc) is 2.36. The van der Waals surface area contributed by atoms with Crippen LogP contribution in [-0.2, 0) is 0 Å². The molecule has 0 spiro atoms. The van der Waals surface area contributed by atoms with Crippen LogP contribution in [0.1, 0.15) is 41.6 Å². The zero-order valence-electron chi connectivity index (χ0n) is 10.7. The lowest BCUT2D eigenvalue weighted by Crippen LogP contribution is -2.24. The number of amides is 1. The van der Waals surface area contributed by atoms with Gasteiger partial charge in [-0.3, -0.25) is 4.79 Å². The van der Waals surface area contributed by atoms with E-state index in [9.17, 15) is 9.90 Å². The Hall–Kier alpha value is -1.22. The molecule has 0 radical (unpaired) electrons. The van der Waals surface area contributed by atoms with E-state index >= 15 is 0 Å². The summed E-state index contributed by atoms with van der Waals surface area (Å²) in [6.45, 7) is 2.52. The highest BCUT2D eigenvalue weighted by atomic mass is 35.5. The lowest BCUT2D eigenvalue weighted by molar-refractivity contribution is 0.0950. The van der Waals surface area contributed by atoms with Crippen LogP contribution in [0.25, 0.3) is 0 Å². The first kappa shape index (κ1) is 14.8. The number of nitrogens with one attached hydrogen (secondary N) is 1. The highest BCUT2D eigenvalue weighted by Gasteiger charge is 2.10. The minimum Gasteiger partial charge on any atom is -0.507 e. The number of hydrogen-bond donors (Lipinski definition) is 2. The van der Waals surface area contributed by atoms with Gasteiger partial charge in [0.1, 0.15) is 5.75 Å². The normalized spacial score (nSPS) is 10.3. The maximum absolute atomic E-state index is 11.8. The summed E-state index contributed by atoms with van der Waals surface area (Å²) in [5.41, 5.74) is 1.30. The van der Waals surface area contributed by atoms with Gasteiger partial charge in [0.25, 0.3) is 5.91 Å². The predicted molar refractivity (Wildman–Crippen MR) is 74.4 cm³/mol. The van der Waals surface area contributed by atoms with E-state index in [1.165, 1.54) is 0 Å². The second-order valence-corrected chi connectivity index (χ2v) is 4.76. The number of aryl methyl sites for hydroxylation is 1. The van der Waals surface area contributed by atoms with Crippen LogP contribution in [0.3, 0.4) is 0 Å². The van der Waals surface area contributed by atoms with Crippen LogP contribution >= 0.6 is 11.6 Å². The van der Waals surface area contributed by atoms with Gasteiger partial charge in [0.2, 0.25) is 0 Å². The first-order valence-corrected chi connectivity index (χ1v) is 6.82. The molecule has 0 aliphatic heterocycles. The predicted octanol–water partition coefficient (Wildman–Crippen LogP) is 3.23. The van der Waals surface area contributed by atoms with E-state index in [1.54, 1.807) is 18.2 Å². The van der Waals surface area contributed by atoms with E-state index in [0.29, 0.717) is 18.0 Å². The van der Waals surface area contributed by atoms with Crippen LogP contribution in [-0.4, -0.2) is 23.4 Å². The van der Waals surface area contributed by atoms with Gasteiger partial charge in [-0.15, -0.1) is 11.6 Å². The Morgan fingerprint density at radius 1 is 1.28 bits per heavy atom. The summed E-state index contributed by atoms with van der Waals surface area (Å²) >= 11 is 5.58. The minimum atomic E-state index is -0.214. The van der Waals surface area contributed by atoms with Crippen LogP contribution in [0.15, 0.2) is 18.2 Å². The summed E-state index contributed by atoms with van der Waals surface area (Å²) in [6, 6.07) is 5.02. The fourth-order valence-electron chi connectivity index (χ4n) is 1.70. The first-order chi connectivity index (χ1) is 8.65. The van der Waals surface area contributed by atoms with Crippen molar-refractivity contribution < 1.29 is 9.90 Å². The Kier molecular flexibility index (Phi) is 6.58. The number of alkyl halides is 1. The summed E-state index contributed by atoms with van der Waals surface area (Å²) in [5, 5.41) is 12.4. The van der Waals surface area contributed by atoms with Gasteiger partial charge in [0.05, 0.1) is 5.56 Å². The molecule has 1 aromatic carbocycles. The smallest absolute Gasteiger partial charge is 0.255 e. The van der Waals surface area contributed by atoms with Crippen LogP contribution < -0.4 is 5.32 Å². The molecule has 0 saturated heterocycles. The number of halogens is 1. The summed E-state index contributed by atoms with van der Waals surface area (Å²) in [7, 11) is 0. The van der Waals surface area contributed by atoms with Crippen molar-refractivity contribution in [1.82, 2.24) is 5.32 Å². The van der Waals surface area contributed by atoms with Crippen molar-refractivity contribution in [3.63, 3.8) is 0 Å². The van der Waals surface area contributed by atoms with Gasteiger partial charge in [0.15, 0.2) is 0 Å². The molecule has 0 aliphatic carbocycles. The highest BCUT2D eigenvalue weighted by Crippen LogP contribution is 2.17. The summed E-state index contributed by atoms with van der Waals surface area (Å²) in [5.74, 6) is 0.512. The number of phenolic OH excluding ortho intramolecular Hbond substituents is 1. The third kappa shape index (κ3) is 4.96. The molecule has 0 saturated carbocycles. The number of aromatic hydroxyl groups is 1. The van der Waals surface area contributed by atoms with Crippen molar-refractivity contribution in [2.75, 3.05) is 12.4 Å². The number of carbonyl (C=O) groups excluding carboxylic acids is 1. The van der Waals surface area contributed by atoms with E-state index in [-0.39, 0.29) is 11.7 Å². The van der Waals surface area contributed by atoms with Gasteiger partial charge in [-0.2, -0.15) is 0 Å². The van der Waals surface area contributed by atoms with Crippen LogP contribution in [0.5, 0.6) is 5.75 Å². The Balaban J connectivity index is 2.34. The number of phenols is 1. The number of unbranched alkanes of at least 4 members (excludes halogenated alkanes) is 3. The molecule has 0 fully saturated rings. The fourth-order valence-corrected chi connectivity index (χ4v) is 1.89. The van der Waals surface area contributed by atoms with Gasteiger partial charge in [-0.05, 0) is 31.9 Å². The molecule has 0 bridgehead atoms. The lowest BCUT2D eigenvalue weighted by atomic mass is 10.1. The molecule has 0 heterocycles. The largest absolute Gasteiger partial charge is 0.507 e. The Labute approximate surface area is 113 Å². The lowest BCUT2D eigenvalue weighted by Gasteiger charge is -2.07. The van der Waals surface area contributed by atoms with E-state index in [1.807, 2.05) is 6.92 Å². The van der Waals surface area contributed by atoms with Crippen LogP contribution in [0.2, 0.25) is 0 Å². The van der Waals surface area contributed by atoms with Crippen LogP contribution in [0, 0.1) is 6.92 Å². The molecular weight excluding hydrogens is 250 g/mol. The fraction of sp³-hybridized carbons (Fsp3) is 0.500. The zero-order chi connectivity index (χ0) is 13.4. The van der Waals surface area contributed by atoms with Gasteiger partial charge in [0, 0.05) is 12.4 Å². The van der Waals surface area contributed by atoms with Crippen molar-refractivity contribution in [3.8, 4) is 5.75 Å². The molecule has 2 N–H and O–H groups in total. The third-order valence-corrected chi connectivity index (χ3v) is 3.01. The van der Waals surface area contributed by atoms with Gasteiger partial charge in [-0.1, -0.05) is 24.5 Å². The molecule has 0 unspecified atom stereocenters. The van der Waals surface area contributed by atoms with E-state index in [4.69, 9.17) is 11.6 Å². The van der Waals surface area contributed by atoms with E-state index in [0.717, 1.165) is 31.2 Å². The molecule has 3 nitrogen and oxygen atoms in total. The van der Waals surface area contributed by atoms with E-state index < -0.39 is 0 Å². The van der Waals surface area contributed by atoms with Gasteiger partial charge >= 0.3 is 0 Å². The van der Waals surface area contributed by atoms with Crippen molar-refractivity contribution in [3.05, 3.63) is 29.3 Å². The molecule has 1 rings (SSSR count). The van der Waals surface area contributed by atoms with Crippen molar-refractivity contribution >= 4 is 17.5 Å². The van der Waals surface area contributed by atoms with Crippen molar-refractivity contribution in [2.24, 2.45) is 0 Å². The summed E-state index contributed by atoms with van der Waals surface area (Å²) < 4.78 is 0. The molecule has 18 heavy (non-hydrogen) atoms. The van der Waals surface area contributed by atoms with Gasteiger partial charge < -0.3 is 10.4 Å². The van der Waals surface area contributed by atoms with Crippen molar-refractivity contribution in [1.29, 1.82) is 0 Å². The summed E-state index contributed by atoms with van der Waals surface area (Å²) in [4.78, 5) is 11.8. The van der Waals surface area contributed by atoms with Crippen LogP contribution in [0.4, 0.5) is 0 Å². The Bertz CT molecular complexity index is 393. The average molecular weight is 270 g/mol. The molecule has 1 aromatic rings. The minimum absolute atomic E-state index is 0.0280. The number of rotatable bonds is 7. The second kappa shape index (κ2) is 7.98. The SMILES string of the molecule is Cc1ccc(O)c(C(=O)NCCCCCCCl)c1. The number of hydrogen-bond acceptors (Lipinski definition) is 2. The Morgan fingerprint density at radius 2 is 2.00 bits per heavy atom. The zero-order valence-corrected chi connectivity index (χ0v) is 11.5. The Morgan fingerprint density at radius 3 is 2.72 bits per heavy atom. The maximum atomic E-state index is 11.8.